The summed E-state index contributed by atoms with van der Waals surface area (Å²) in [6.45, 7) is 18.9. The Kier molecular flexibility index (Phi) is 12.1. The van der Waals surface area contributed by atoms with Gasteiger partial charge in [0, 0.05) is 13.1 Å². The first kappa shape index (κ1) is 41.1. The van der Waals surface area contributed by atoms with Crippen LogP contribution in [-0.2, 0) is 29.0 Å². The highest BCUT2D eigenvalue weighted by atomic mass is 32.2. The van der Waals surface area contributed by atoms with Crippen molar-refractivity contribution in [3.63, 3.8) is 0 Å². The van der Waals surface area contributed by atoms with Crippen LogP contribution >= 0.6 is 0 Å². The van der Waals surface area contributed by atoms with Crippen LogP contribution in [0, 0.1) is 29.1 Å². The quantitative estimate of drug-likeness (QED) is 0.205. The number of carbonyl (C=O) groups excluding carboxylic acids is 5. The zero-order chi connectivity index (χ0) is 38.3. The highest BCUT2D eigenvalue weighted by Gasteiger charge is 2.63. The van der Waals surface area contributed by atoms with Crippen molar-refractivity contribution in [1.82, 2.24) is 26.2 Å². The molecule has 4 N–H and O–H groups in total. The van der Waals surface area contributed by atoms with E-state index in [2.05, 4.69) is 21.3 Å². The van der Waals surface area contributed by atoms with E-state index in [0.29, 0.717) is 51.1 Å². The molecular weight excluding hydrogens is 671 g/mol. The van der Waals surface area contributed by atoms with Crippen LogP contribution in [0.3, 0.4) is 0 Å². The maximum Gasteiger partial charge on any atom is 0.315 e. The molecule has 1 saturated heterocycles. The molecule has 0 bridgehead atoms. The van der Waals surface area contributed by atoms with E-state index in [0.717, 1.165) is 32.1 Å². The van der Waals surface area contributed by atoms with E-state index in [1.165, 1.54) is 4.90 Å². The first-order valence-corrected chi connectivity index (χ1v) is 20.8. The fourth-order valence-corrected chi connectivity index (χ4v) is 10.3. The predicted octanol–water partition coefficient (Wildman–Crippen LogP) is 4.26. The molecule has 0 unspecified atom stereocenters. The Labute approximate surface area is 306 Å². The molecule has 0 aromatic carbocycles. The summed E-state index contributed by atoms with van der Waals surface area (Å²) < 4.78 is 26.3. The van der Waals surface area contributed by atoms with Gasteiger partial charge in [-0.25, -0.2) is 13.2 Å². The van der Waals surface area contributed by atoms with Gasteiger partial charge in [0.25, 0.3) is 5.91 Å². The SMILES string of the molecule is CC[C@H]1C[C@]1(NC(=O)[C@@H]1[C@@H](C(C)C)CCN1C(=O)[C@@H](NC(=O)NC1([C@@H](C)S(=O)(=O)C(C)(C)C)CCCCC1)C(C)(C)C)C(=O)C(=O)NCC1CC1. The van der Waals surface area contributed by atoms with E-state index in [1.807, 2.05) is 41.5 Å². The van der Waals surface area contributed by atoms with Gasteiger partial charge in [-0.2, -0.15) is 0 Å². The topological polar surface area (TPSA) is 171 Å². The minimum atomic E-state index is -3.64. The lowest BCUT2D eigenvalue weighted by atomic mass is 9.79. The number of Topliss-reactive ketones (excluding diaryl/α,β-unsaturated/α-hetero) is 1. The fraction of sp³-hybridized carbons (Fsp3) is 0.868. The van der Waals surface area contributed by atoms with Crippen molar-refractivity contribution < 1.29 is 32.4 Å². The second kappa shape index (κ2) is 15.0. The van der Waals surface area contributed by atoms with E-state index >= 15 is 0 Å². The molecule has 6 atom stereocenters. The molecule has 13 heteroatoms. The molecule has 51 heavy (non-hydrogen) atoms. The molecule has 4 rings (SSSR count). The summed E-state index contributed by atoms with van der Waals surface area (Å²) in [5, 5.41) is 10.9. The second-order valence-corrected chi connectivity index (χ2v) is 21.4. The number of ketones is 1. The van der Waals surface area contributed by atoms with Crippen molar-refractivity contribution in [2.75, 3.05) is 13.1 Å². The average Bonchev–Trinajstić information content (AvgIpc) is 3.96. The van der Waals surface area contributed by atoms with Crippen LogP contribution in [0.15, 0.2) is 0 Å². The fourth-order valence-electron chi connectivity index (χ4n) is 8.39. The third-order valence-electron chi connectivity index (χ3n) is 12.3. The molecule has 3 saturated carbocycles. The predicted molar refractivity (Wildman–Crippen MR) is 197 cm³/mol. The van der Waals surface area contributed by atoms with Gasteiger partial charge in [-0.1, -0.05) is 67.2 Å². The van der Waals surface area contributed by atoms with Crippen LogP contribution in [0.25, 0.3) is 0 Å². The van der Waals surface area contributed by atoms with Crippen molar-refractivity contribution in [2.24, 2.45) is 29.1 Å². The Morgan fingerprint density at radius 2 is 1.49 bits per heavy atom. The summed E-state index contributed by atoms with van der Waals surface area (Å²) in [6.07, 6.45) is 7.12. The van der Waals surface area contributed by atoms with Gasteiger partial charge in [-0.05, 0) is 95.3 Å². The lowest BCUT2D eigenvalue weighted by Crippen LogP contribution is -2.66. The van der Waals surface area contributed by atoms with E-state index in [4.69, 9.17) is 0 Å². The van der Waals surface area contributed by atoms with Crippen LogP contribution in [-0.4, -0.2) is 89.1 Å². The van der Waals surface area contributed by atoms with Crippen LogP contribution in [0.5, 0.6) is 0 Å². The van der Waals surface area contributed by atoms with Crippen LogP contribution in [0.2, 0.25) is 0 Å². The summed E-state index contributed by atoms with van der Waals surface area (Å²) in [4.78, 5) is 70.8. The molecule has 4 aliphatic rings. The van der Waals surface area contributed by atoms with Gasteiger partial charge in [0.2, 0.25) is 17.6 Å². The van der Waals surface area contributed by atoms with Gasteiger partial charge in [0.1, 0.15) is 17.6 Å². The highest BCUT2D eigenvalue weighted by Crippen LogP contribution is 2.47. The molecular formula is C38H65N5O7S. The van der Waals surface area contributed by atoms with E-state index in [1.54, 1.807) is 27.7 Å². The van der Waals surface area contributed by atoms with Crippen molar-refractivity contribution in [2.45, 2.75) is 167 Å². The molecule has 1 aliphatic heterocycles. The summed E-state index contributed by atoms with van der Waals surface area (Å²) in [6, 6.07) is -2.56. The summed E-state index contributed by atoms with van der Waals surface area (Å²) >= 11 is 0. The third-order valence-corrected chi connectivity index (χ3v) is 15.3. The van der Waals surface area contributed by atoms with Gasteiger partial charge in [-0.3, -0.25) is 19.2 Å². The molecule has 0 aromatic heterocycles. The van der Waals surface area contributed by atoms with Crippen molar-refractivity contribution in [3.05, 3.63) is 0 Å². The Morgan fingerprint density at radius 1 is 0.882 bits per heavy atom. The zero-order valence-corrected chi connectivity index (χ0v) is 33.6. The second-order valence-electron chi connectivity index (χ2n) is 18.3. The van der Waals surface area contributed by atoms with Gasteiger partial charge >= 0.3 is 6.03 Å². The molecule has 3 aliphatic carbocycles. The van der Waals surface area contributed by atoms with Gasteiger partial charge in [-0.15, -0.1) is 0 Å². The number of nitrogens with zero attached hydrogens (tertiary/aromatic N) is 1. The average molecular weight is 736 g/mol. The third kappa shape index (κ3) is 8.59. The normalized spacial score (nSPS) is 27.7. The van der Waals surface area contributed by atoms with E-state index in [-0.39, 0.29) is 17.8 Å². The molecule has 0 aromatic rings. The van der Waals surface area contributed by atoms with Gasteiger partial charge in [0.05, 0.1) is 15.5 Å². The summed E-state index contributed by atoms with van der Waals surface area (Å²) in [7, 11) is -3.64. The number of amides is 5. The first-order valence-electron chi connectivity index (χ1n) is 19.3. The van der Waals surface area contributed by atoms with Crippen molar-refractivity contribution >= 4 is 39.4 Å². The summed E-state index contributed by atoms with van der Waals surface area (Å²) in [5.41, 5.74) is -3.06. The Balaban J connectivity index is 1.57. The van der Waals surface area contributed by atoms with E-state index < -0.39 is 77.9 Å². The molecule has 12 nitrogen and oxygen atoms in total. The number of rotatable bonds is 13. The monoisotopic (exact) mass is 735 g/mol. The molecule has 4 fully saturated rings. The Bertz CT molecular complexity index is 1460. The number of likely N-dealkylation sites (tertiary alicyclic amines) is 1. The van der Waals surface area contributed by atoms with Crippen LogP contribution in [0.4, 0.5) is 4.79 Å². The highest BCUT2D eigenvalue weighted by molar-refractivity contribution is 7.93. The number of hydrogen-bond donors (Lipinski definition) is 4. The molecule has 0 spiro atoms. The number of carbonyl (C=O) groups is 5. The number of nitrogens with one attached hydrogen (secondary N) is 4. The van der Waals surface area contributed by atoms with Crippen LogP contribution in [0.1, 0.15) is 133 Å². The number of urea groups is 1. The van der Waals surface area contributed by atoms with Crippen molar-refractivity contribution in [3.8, 4) is 0 Å². The first-order chi connectivity index (χ1) is 23.5. The van der Waals surface area contributed by atoms with Crippen LogP contribution < -0.4 is 21.3 Å². The zero-order valence-electron chi connectivity index (χ0n) is 32.7. The molecule has 290 valence electrons. The Morgan fingerprint density at radius 3 is 1.98 bits per heavy atom. The van der Waals surface area contributed by atoms with Crippen molar-refractivity contribution in [1.29, 1.82) is 0 Å². The Hall–Kier alpha value is -2.70. The minimum Gasteiger partial charge on any atom is -0.349 e. The van der Waals surface area contributed by atoms with Gasteiger partial charge in [0.15, 0.2) is 9.84 Å². The minimum absolute atomic E-state index is 0.0370. The van der Waals surface area contributed by atoms with E-state index in [9.17, 15) is 32.4 Å². The molecule has 5 amide bonds. The molecule has 1 heterocycles. The molecule has 0 radical (unpaired) electrons. The smallest absolute Gasteiger partial charge is 0.315 e. The largest absolute Gasteiger partial charge is 0.349 e. The number of hydrogen-bond acceptors (Lipinski definition) is 7. The lowest BCUT2D eigenvalue weighted by molar-refractivity contribution is -0.145. The standard InChI is InChI=1S/C38H65N5O7S/c1-11-26-21-38(26,30(44)32(46)39-22-25-15-16-25)41-31(45)28-27(23(2)3)17-20-43(28)33(47)29(35(5,6)7)40-34(48)42-37(18-13-12-14-19-37)24(4)51(49,50)36(8,9)10/h23-29H,11-22H2,1-10H3,(H,39,46)(H,41,45)(H2,40,42,48)/t24-,26+,27-,28+,29-,38-/m1/s1. The maximum absolute atomic E-state index is 14.6. The summed E-state index contributed by atoms with van der Waals surface area (Å²) in [5.74, 6) is -2.13. The van der Waals surface area contributed by atoms with Gasteiger partial charge < -0.3 is 26.2 Å². The lowest BCUT2D eigenvalue weighted by Gasteiger charge is -2.45. The number of sulfone groups is 1. The maximum atomic E-state index is 14.6.